The molecule has 182 valence electrons. The van der Waals surface area contributed by atoms with E-state index >= 15 is 0 Å². The van der Waals surface area contributed by atoms with E-state index in [-0.39, 0.29) is 17.1 Å². The molecule has 11 nitrogen and oxygen atoms in total. The van der Waals surface area contributed by atoms with Gasteiger partial charge >= 0.3 is 0 Å². The summed E-state index contributed by atoms with van der Waals surface area (Å²) >= 11 is 0. The number of carbonyl (C=O) groups excluding carboxylic acids is 2. The van der Waals surface area contributed by atoms with Crippen LogP contribution in [0.5, 0.6) is 0 Å². The number of imide groups is 1. The number of rotatable bonds is 7. The zero-order chi connectivity index (χ0) is 25.4. The Bertz CT molecular complexity index is 1620. The summed E-state index contributed by atoms with van der Waals surface area (Å²) in [5.74, 6) is -1.88. The molecule has 2 amide bonds. The minimum absolute atomic E-state index is 0.166. The molecule has 2 aromatic carbocycles. The van der Waals surface area contributed by atoms with Crippen LogP contribution in [-0.2, 0) is 16.1 Å². The monoisotopic (exact) mass is 489 g/mol. The molecule has 36 heavy (non-hydrogen) atoms. The molecule has 0 fully saturated rings. The number of hydrazone groups is 1. The highest BCUT2D eigenvalue weighted by Gasteiger charge is 2.35. The van der Waals surface area contributed by atoms with Gasteiger partial charge in [0.25, 0.3) is 17.8 Å². The molecule has 12 heteroatoms. The SMILES string of the molecule is NC(=N[N+](=O)[O-])NCCCn1cc(C2=C(c3c[nH]c4ccccc34)C(=O)NC2=O)c2cc(F)ccc21. The van der Waals surface area contributed by atoms with E-state index in [9.17, 15) is 24.1 Å². The quantitative estimate of drug-likeness (QED) is 0.0778. The van der Waals surface area contributed by atoms with E-state index in [1.54, 1.807) is 18.5 Å². The maximum absolute atomic E-state index is 14.3. The Kier molecular flexibility index (Phi) is 5.68. The highest BCUT2D eigenvalue weighted by molar-refractivity contribution is 6.50. The van der Waals surface area contributed by atoms with E-state index in [0.29, 0.717) is 41.5 Å². The van der Waals surface area contributed by atoms with Gasteiger partial charge in [0.2, 0.25) is 0 Å². The molecular formula is C24H20FN7O4. The molecule has 1 aliphatic heterocycles. The first-order valence-corrected chi connectivity index (χ1v) is 11.0. The van der Waals surface area contributed by atoms with Crippen LogP contribution in [0.3, 0.4) is 0 Å². The van der Waals surface area contributed by atoms with Crippen LogP contribution < -0.4 is 16.4 Å². The first-order chi connectivity index (χ1) is 17.3. The molecule has 4 aromatic rings. The molecule has 0 radical (unpaired) electrons. The Labute approximate surface area is 202 Å². The lowest BCUT2D eigenvalue weighted by Gasteiger charge is -2.06. The molecule has 5 N–H and O–H groups in total. The molecule has 0 aliphatic carbocycles. The van der Waals surface area contributed by atoms with Crippen LogP contribution in [-0.4, -0.2) is 38.9 Å². The number of nitrogens with one attached hydrogen (secondary N) is 3. The number of nitrogens with two attached hydrogens (primary N) is 1. The number of hydrogen-bond acceptors (Lipinski definition) is 4. The predicted molar refractivity (Wildman–Crippen MR) is 131 cm³/mol. The molecular weight excluding hydrogens is 469 g/mol. The number of guanidine groups is 1. The molecule has 5 rings (SSSR count). The Morgan fingerprint density at radius 2 is 1.86 bits per heavy atom. The fourth-order valence-electron chi connectivity index (χ4n) is 4.49. The minimum Gasteiger partial charge on any atom is -0.365 e. The first kappa shape index (κ1) is 22.8. The second-order valence-electron chi connectivity index (χ2n) is 8.18. The number of nitrogens with zero attached hydrogens (tertiary/aromatic N) is 3. The maximum atomic E-state index is 14.3. The number of aryl methyl sites for hydroxylation is 1. The van der Waals surface area contributed by atoms with Crippen LogP contribution in [0.2, 0.25) is 0 Å². The highest BCUT2D eigenvalue weighted by atomic mass is 19.1. The van der Waals surface area contributed by atoms with E-state index in [1.165, 1.54) is 12.1 Å². The predicted octanol–water partition coefficient (Wildman–Crippen LogP) is 2.32. The fraction of sp³-hybridized carbons (Fsp3) is 0.125. The summed E-state index contributed by atoms with van der Waals surface area (Å²) in [4.78, 5) is 39.4. The average molecular weight is 489 g/mol. The summed E-state index contributed by atoms with van der Waals surface area (Å²) in [5.41, 5.74) is 8.30. The second-order valence-corrected chi connectivity index (χ2v) is 8.18. The summed E-state index contributed by atoms with van der Waals surface area (Å²) in [5, 5.41) is 18.8. The molecule has 2 aromatic heterocycles. The number of nitro groups is 1. The van der Waals surface area contributed by atoms with E-state index in [1.807, 2.05) is 28.8 Å². The number of aromatic amines is 1. The van der Waals surface area contributed by atoms with Crippen molar-refractivity contribution in [1.82, 2.24) is 20.2 Å². The zero-order valence-corrected chi connectivity index (χ0v) is 18.7. The van der Waals surface area contributed by atoms with Crippen molar-refractivity contribution in [2.24, 2.45) is 10.8 Å². The van der Waals surface area contributed by atoms with Crippen molar-refractivity contribution in [3.8, 4) is 0 Å². The summed E-state index contributed by atoms with van der Waals surface area (Å²) in [6.07, 6.45) is 3.88. The van der Waals surface area contributed by atoms with Crippen molar-refractivity contribution in [2.45, 2.75) is 13.0 Å². The van der Waals surface area contributed by atoms with Crippen molar-refractivity contribution in [1.29, 1.82) is 0 Å². The maximum Gasteiger partial charge on any atom is 0.266 e. The van der Waals surface area contributed by atoms with Crippen LogP contribution in [0.15, 0.2) is 60.0 Å². The Morgan fingerprint density at radius 3 is 2.64 bits per heavy atom. The molecule has 0 bridgehead atoms. The molecule has 0 unspecified atom stereocenters. The van der Waals surface area contributed by atoms with Gasteiger partial charge in [-0.2, -0.15) is 0 Å². The Morgan fingerprint density at radius 1 is 1.11 bits per heavy atom. The van der Waals surface area contributed by atoms with Gasteiger partial charge in [-0.3, -0.25) is 14.9 Å². The van der Waals surface area contributed by atoms with Gasteiger partial charge in [-0.05, 0) is 30.7 Å². The van der Waals surface area contributed by atoms with Crippen LogP contribution in [0, 0.1) is 15.9 Å². The summed E-state index contributed by atoms with van der Waals surface area (Å²) in [6.45, 7) is 0.716. The Hall–Kier alpha value is -5.00. The largest absolute Gasteiger partial charge is 0.365 e. The summed E-state index contributed by atoms with van der Waals surface area (Å²) in [6, 6.07) is 11.7. The Balaban J connectivity index is 1.57. The van der Waals surface area contributed by atoms with Crippen LogP contribution in [0.25, 0.3) is 33.0 Å². The molecule has 0 spiro atoms. The lowest BCUT2D eigenvalue weighted by atomic mass is 9.95. The van der Waals surface area contributed by atoms with Gasteiger partial charge in [0.1, 0.15) is 10.9 Å². The number of benzene rings is 2. The van der Waals surface area contributed by atoms with E-state index in [4.69, 9.17) is 5.73 Å². The minimum atomic E-state index is -0.893. The summed E-state index contributed by atoms with van der Waals surface area (Å²) < 4.78 is 16.1. The number of carbonyl (C=O) groups is 2. The standard InChI is InChI=1S/C24H20FN7O4/c25-13-6-7-19-15(10-13)17(12-31(19)9-3-8-27-24(26)30-32(35)36)21-20(22(33)29-23(21)34)16-11-28-18-5-2-1-4-14(16)18/h1-2,4-7,10-12,28H,3,8-9H2,(H3,26,27,30)(H,29,33,34). The average Bonchev–Trinajstić information content (AvgIpc) is 3.48. The molecule has 1 aliphatic rings. The highest BCUT2D eigenvalue weighted by Crippen LogP contribution is 2.38. The first-order valence-electron chi connectivity index (χ1n) is 11.0. The van der Waals surface area contributed by atoms with Crippen molar-refractivity contribution >= 4 is 50.7 Å². The number of aromatic nitrogens is 2. The number of para-hydroxylation sites is 1. The van der Waals surface area contributed by atoms with E-state index < -0.39 is 22.7 Å². The fourth-order valence-corrected chi connectivity index (χ4v) is 4.49. The van der Waals surface area contributed by atoms with Crippen LogP contribution in [0.1, 0.15) is 17.5 Å². The van der Waals surface area contributed by atoms with E-state index in [0.717, 1.165) is 10.9 Å². The van der Waals surface area contributed by atoms with Crippen molar-refractivity contribution in [3.05, 3.63) is 81.9 Å². The van der Waals surface area contributed by atoms with Gasteiger partial charge < -0.3 is 20.6 Å². The van der Waals surface area contributed by atoms with Gasteiger partial charge in [0.05, 0.1) is 11.1 Å². The van der Waals surface area contributed by atoms with Crippen molar-refractivity contribution in [2.75, 3.05) is 6.54 Å². The van der Waals surface area contributed by atoms with Crippen LogP contribution >= 0.6 is 0 Å². The topological polar surface area (TPSA) is 160 Å². The molecule has 0 saturated heterocycles. The third-order valence-electron chi connectivity index (χ3n) is 5.97. The smallest absolute Gasteiger partial charge is 0.266 e. The number of hydrogen-bond donors (Lipinski definition) is 4. The van der Waals surface area contributed by atoms with Gasteiger partial charge in [0, 0.05) is 58.4 Å². The number of halogens is 1. The lowest BCUT2D eigenvalue weighted by molar-refractivity contribution is -0.485. The zero-order valence-electron chi connectivity index (χ0n) is 18.7. The van der Waals surface area contributed by atoms with Gasteiger partial charge in [-0.15, -0.1) is 0 Å². The van der Waals surface area contributed by atoms with Crippen LogP contribution in [0.4, 0.5) is 4.39 Å². The van der Waals surface area contributed by atoms with Gasteiger partial charge in [0.15, 0.2) is 5.03 Å². The van der Waals surface area contributed by atoms with Gasteiger partial charge in [-0.1, -0.05) is 18.2 Å². The number of fused-ring (bicyclic) bond motifs is 2. The van der Waals surface area contributed by atoms with Gasteiger partial charge in [-0.25, -0.2) is 14.5 Å². The molecule has 0 atom stereocenters. The van der Waals surface area contributed by atoms with E-state index in [2.05, 4.69) is 20.7 Å². The third-order valence-corrected chi connectivity index (χ3v) is 5.97. The third kappa shape index (κ3) is 4.04. The normalized spacial score (nSPS) is 14.2. The number of amides is 2. The second kappa shape index (κ2) is 8.98. The van der Waals surface area contributed by atoms with Crippen molar-refractivity contribution < 1.29 is 19.0 Å². The molecule has 0 saturated carbocycles. The number of H-pyrrole nitrogens is 1. The van der Waals surface area contributed by atoms with Crippen molar-refractivity contribution in [3.63, 3.8) is 0 Å². The summed E-state index contributed by atoms with van der Waals surface area (Å²) in [7, 11) is 0. The lowest BCUT2D eigenvalue weighted by Crippen LogP contribution is -2.33. The molecule has 3 heterocycles.